The number of benzene rings is 1. The highest BCUT2D eigenvalue weighted by atomic mass is 127. The van der Waals surface area contributed by atoms with Crippen LogP contribution in [-0.4, -0.2) is 23.3 Å². The van der Waals surface area contributed by atoms with Crippen LogP contribution in [0.15, 0.2) is 55.9 Å². The molecule has 0 aliphatic carbocycles. The highest BCUT2D eigenvalue weighted by Crippen LogP contribution is 2.31. The molecule has 3 heterocycles. The lowest BCUT2D eigenvalue weighted by molar-refractivity contribution is 0.771. The van der Waals surface area contributed by atoms with Gasteiger partial charge in [0, 0.05) is 52.4 Å². The standard InChI is InChI=1S/C17H16IN5/c1-2-4-13(5-3-1)12-23-9-8-19-17-16(23)10-15(21-22-17)14-6-7-18-20-11-14/h1-7,10-11H,8-9,12H2,(H,19,22). The Labute approximate surface area is 145 Å². The second-order valence-corrected chi connectivity index (χ2v) is 7.20. The summed E-state index contributed by atoms with van der Waals surface area (Å²) >= 11 is -0.160. The van der Waals surface area contributed by atoms with Gasteiger partial charge in [0.05, 0.1) is 11.4 Å². The van der Waals surface area contributed by atoms with Gasteiger partial charge < -0.3 is 10.2 Å². The predicted molar refractivity (Wildman–Crippen MR) is 102 cm³/mol. The fraction of sp³-hybridized carbons (Fsp3) is 0.176. The van der Waals surface area contributed by atoms with E-state index in [4.69, 9.17) is 0 Å². The molecule has 0 bridgehead atoms. The van der Waals surface area contributed by atoms with Gasteiger partial charge in [0.1, 0.15) is 0 Å². The number of rotatable bonds is 3. The van der Waals surface area contributed by atoms with Gasteiger partial charge in [0.15, 0.2) is 5.82 Å². The van der Waals surface area contributed by atoms with Gasteiger partial charge in [-0.3, -0.25) is 0 Å². The Morgan fingerprint density at radius 2 is 2.09 bits per heavy atom. The smallest absolute Gasteiger partial charge is 0.172 e. The van der Waals surface area contributed by atoms with E-state index in [1.807, 2.05) is 12.3 Å². The number of nitrogens with zero attached hydrogens (tertiary/aromatic N) is 4. The minimum absolute atomic E-state index is 0.160. The molecule has 0 fully saturated rings. The molecule has 0 saturated heterocycles. The number of hydrogen-bond acceptors (Lipinski definition) is 5. The van der Waals surface area contributed by atoms with Crippen LogP contribution >= 0.6 is 21.0 Å². The zero-order valence-electron chi connectivity index (χ0n) is 12.5. The summed E-state index contributed by atoms with van der Waals surface area (Å²) in [5.41, 5.74) is 4.33. The summed E-state index contributed by atoms with van der Waals surface area (Å²) in [6, 6.07) is 12.6. The average molecular weight is 417 g/mol. The first-order chi connectivity index (χ1) is 11.4. The van der Waals surface area contributed by atoms with Crippen LogP contribution in [0.1, 0.15) is 11.3 Å². The number of aromatic nitrogens is 2. The Kier molecular flexibility index (Phi) is 4.14. The van der Waals surface area contributed by atoms with Crippen molar-refractivity contribution in [3.05, 3.63) is 64.0 Å². The highest BCUT2D eigenvalue weighted by molar-refractivity contribution is 14.2. The van der Waals surface area contributed by atoms with Gasteiger partial charge in [-0.15, -0.1) is 10.2 Å². The molecule has 2 aliphatic heterocycles. The van der Waals surface area contributed by atoms with Crippen LogP contribution in [0.4, 0.5) is 11.5 Å². The fourth-order valence-electron chi connectivity index (χ4n) is 2.69. The maximum atomic E-state index is 4.40. The Hall–Kier alpha value is -2.09. The van der Waals surface area contributed by atoms with Crippen LogP contribution in [0.5, 0.6) is 0 Å². The Morgan fingerprint density at radius 1 is 1.17 bits per heavy atom. The molecule has 0 atom stereocenters. The van der Waals surface area contributed by atoms with Crippen molar-refractivity contribution in [3.63, 3.8) is 0 Å². The van der Waals surface area contributed by atoms with Crippen LogP contribution in [0.3, 0.4) is 0 Å². The first-order valence-corrected chi connectivity index (χ1v) is 9.72. The molecular weight excluding hydrogens is 401 g/mol. The number of hydrogen-bond donors (Lipinski definition) is 1. The van der Waals surface area contributed by atoms with Crippen molar-refractivity contribution >= 4 is 38.1 Å². The molecule has 0 spiro atoms. The molecular formula is C17H16IN5. The second kappa shape index (κ2) is 6.57. The van der Waals surface area contributed by atoms with Gasteiger partial charge >= 0.3 is 0 Å². The summed E-state index contributed by atoms with van der Waals surface area (Å²) < 4.78 is 6.55. The largest absolute Gasteiger partial charge is 0.365 e. The van der Waals surface area contributed by atoms with E-state index >= 15 is 0 Å². The molecule has 116 valence electrons. The normalized spacial score (nSPS) is 16.2. The van der Waals surface area contributed by atoms with Crippen molar-refractivity contribution in [1.29, 1.82) is 0 Å². The monoisotopic (exact) mass is 417 g/mol. The summed E-state index contributed by atoms with van der Waals surface area (Å²) in [5, 5.41) is 12.1. The van der Waals surface area contributed by atoms with Crippen molar-refractivity contribution < 1.29 is 0 Å². The van der Waals surface area contributed by atoms with E-state index < -0.39 is 0 Å². The van der Waals surface area contributed by atoms with E-state index in [2.05, 4.69) is 64.0 Å². The minimum Gasteiger partial charge on any atom is -0.365 e. The number of halogens is 1. The van der Waals surface area contributed by atoms with E-state index in [1.54, 1.807) is 0 Å². The maximum absolute atomic E-state index is 4.40. The lowest BCUT2D eigenvalue weighted by atomic mass is 10.1. The summed E-state index contributed by atoms with van der Waals surface area (Å²) in [6.07, 6.45) is 4.02. The number of anilines is 2. The molecule has 1 aromatic heterocycles. The third kappa shape index (κ3) is 3.17. The number of allylic oxidation sites excluding steroid dienone is 2. The Morgan fingerprint density at radius 3 is 2.91 bits per heavy atom. The molecule has 0 amide bonds. The zero-order chi connectivity index (χ0) is 15.5. The van der Waals surface area contributed by atoms with Gasteiger partial charge in [0.2, 0.25) is 0 Å². The van der Waals surface area contributed by atoms with Gasteiger partial charge in [-0.05, 0) is 21.8 Å². The van der Waals surface area contributed by atoms with Gasteiger partial charge in [0.25, 0.3) is 0 Å². The first-order valence-electron chi connectivity index (χ1n) is 7.50. The first kappa shape index (κ1) is 14.5. The van der Waals surface area contributed by atoms with Crippen LogP contribution in [0.2, 0.25) is 0 Å². The Balaban J connectivity index is 1.67. The lowest BCUT2D eigenvalue weighted by Crippen LogP contribution is -2.34. The molecule has 2 aromatic rings. The van der Waals surface area contributed by atoms with E-state index in [9.17, 15) is 0 Å². The van der Waals surface area contributed by atoms with Crippen molar-refractivity contribution in [2.24, 2.45) is 3.15 Å². The summed E-state index contributed by atoms with van der Waals surface area (Å²) in [5.74, 6) is 0.862. The minimum atomic E-state index is -0.160. The third-order valence-electron chi connectivity index (χ3n) is 3.84. The third-order valence-corrected chi connectivity index (χ3v) is 5.13. The van der Waals surface area contributed by atoms with E-state index in [1.165, 1.54) is 5.56 Å². The quantitative estimate of drug-likeness (QED) is 0.770. The number of fused-ring (bicyclic) bond motifs is 1. The van der Waals surface area contributed by atoms with Gasteiger partial charge in [-0.2, -0.15) is 0 Å². The molecule has 0 saturated carbocycles. The summed E-state index contributed by atoms with van der Waals surface area (Å²) in [6.45, 7) is 2.72. The second-order valence-electron chi connectivity index (χ2n) is 5.37. The van der Waals surface area contributed by atoms with E-state index in [-0.39, 0.29) is 21.0 Å². The van der Waals surface area contributed by atoms with E-state index in [0.717, 1.165) is 42.4 Å². The average Bonchev–Trinajstić information content (AvgIpc) is 2.63. The van der Waals surface area contributed by atoms with Crippen LogP contribution in [0, 0.1) is 0 Å². The molecule has 1 aromatic carbocycles. The lowest BCUT2D eigenvalue weighted by Gasteiger charge is -2.31. The van der Waals surface area contributed by atoms with E-state index in [0.29, 0.717) is 0 Å². The highest BCUT2D eigenvalue weighted by Gasteiger charge is 2.20. The van der Waals surface area contributed by atoms with Gasteiger partial charge in [-0.25, -0.2) is 3.15 Å². The van der Waals surface area contributed by atoms with Crippen LogP contribution < -0.4 is 10.2 Å². The summed E-state index contributed by atoms with van der Waals surface area (Å²) in [4.78, 5) is 2.36. The molecule has 1 N–H and O–H groups in total. The fourth-order valence-corrected chi connectivity index (χ4v) is 3.89. The molecule has 2 aliphatic rings. The molecule has 5 nitrogen and oxygen atoms in total. The SMILES string of the molecule is C1=CC(c2cc3c(nn2)NCCN3Cc2ccccc2)=CN=I1. The van der Waals surface area contributed by atoms with Crippen LogP contribution in [0.25, 0.3) is 5.57 Å². The Bertz CT molecular complexity index is 798. The van der Waals surface area contributed by atoms with Crippen molar-refractivity contribution in [2.45, 2.75) is 6.54 Å². The molecule has 23 heavy (non-hydrogen) atoms. The zero-order valence-corrected chi connectivity index (χ0v) is 14.6. The predicted octanol–water partition coefficient (Wildman–Crippen LogP) is 3.93. The van der Waals surface area contributed by atoms with Crippen molar-refractivity contribution in [1.82, 2.24) is 10.2 Å². The molecule has 0 radical (unpaired) electrons. The topological polar surface area (TPSA) is 53.4 Å². The van der Waals surface area contributed by atoms with Gasteiger partial charge in [-0.1, -0.05) is 30.3 Å². The molecule has 0 unspecified atom stereocenters. The molecule has 6 heteroatoms. The molecule has 4 rings (SSSR count). The maximum Gasteiger partial charge on any atom is 0.172 e. The van der Waals surface area contributed by atoms with Crippen molar-refractivity contribution in [2.75, 3.05) is 23.3 Å². The van der Waals surface area contributed by atoms with Crippen LogP contribution in [-0.2, 0) is 6.54 Å². The van der Waals surface area contributed by atoms with Crippen molar-refractivity contribution in [3.8, 4) is 0 Å². The summed E-state index contributed by atoms with van der Waals surface area (Å²) in [7, 11) is 0. The number of nitrogens with one attached hydrogen (secondary N) is 1.